The minimum absolute atomic E-state index is 0.0983. The first-order valence-electron chi connectivity index (χ1n) is 5.56. The molecule has 1 N–H and O–H groups in total. The van der Waals surface area contributed by atoms with Crippen molar-refractivity contribution in [1.29, 1.82) is 0 Å². The van der Waals surface area contributed by atoms with Crippen molar-refractivity contribution in [2.24, 2.45) is 0 Å². The second-order valence-corrected chi connectivity index (χ2v) is 4.90. The molecule has 0 saturated carbocycles. The number of alkyl halides is 4. The van der Waals surface area contributed by atoms with E-state index in [0.717, 1.165) is 0 Å². The lowest BCUT2D eigenvalue weighted by atomic mass is 10.2. The molecule has 1 unspecified atom stereocenters. The van der Waals surface area contributed by atoms with E-state index in [-0.39, 0.29) is 16.5 Å². The molecular weight excluding hydrogens is 327 g/mol. The van der Waals surface area contributed by atoms with Crippen LogP contribution in [-0.4, -0.2) is 23.5 Å². The van der Waals surface area contributed by atoms with Gasteiger partial charge in [-0.1, -0.05) is 22.9 Å². The zero-order chi connectivity index (χ0) is 14.5. The maximum absolute atomic E-state index is 11.9. The van der Waals surface area contributed by atoms with E-state index in [1.165, 1.54) is 24.3 Å². The van der Waals surface area contributed by atoms with Crippen molar-refractivity contribution in [3.8, 4) is 5.75 Å². The van der Waals surface area contributed by atoms with Crippen LogP contribution in [0.5, 0.6) is 5.75 Å². The fourth-order valence-electron chi connectivity index (χ4n) is 1.21. The molecule has 1 rings (SSSR count). The summed E-state index contributed by atoms with van der Waals surface area (Å²) >= 11 is 3.20. The Hall–Kier alpha value is -1.24. The number of carbonyl (C=O) groups excluding carboxylic acids is 1. The largest absolute Gasteiger partial charge is 0.484 e. The van der Waals surface area contributed by atoms with Crippen LogP contribution in [-0.2, 0) is 4.79 Å². The summed E-state index contributed by atoms with van der Waals surface area (Å²) in [7, 11) is 0. The van der Waals surface area contributed by atoms with Crippen molar-refractivity contribution in [3.63, 3.8) is 0 Å². The highest BCUT2D eigenvalue weighted by Crippen LogP contribution is 2.20. The number of hydrogen-bond donors (Lipinski definition) is 1. The van der Waals surface area contributed by atoms with Gasteiger partial charge < -0.3 is 10.1 Å². The normalized spacial score (nSPS) is 12.9. The minimum atomic E-state index is -4.36. The third-order valence-corrected chi connectivity index (χ3v) is 3.23. The van der Waals surface area contributed by atoms with Crippen LogP contribution in [0.2, 0.25) is 0 Å². The molecule has 0 fully saturated rings. The van der Waals surface area contributed by atoms with Gasteiger partial charge in [0.05, 0.1) is 4.83 Å². The monoisotopic (exact) mass is 339 g/mol. The Balaban J connectivity index is 2.54. The number of halogens is 4. The van der Waals surface area contributed by atoms with Gasteiger partial charge in [-0.2, -0.15) is 13.2 Å². The molecule has 0 spiro atoms. The molecule has 1 aromatic carbocycles. The predicted molar refractivity (Wildman–Crippen MR) is 69.6 cm³/mol. The van der Waals surface area contributed by atoms with Crippen molar-refractivity contribution in [3.05, 3.63) is 24.3 Å². The Morgan fingerprint density at radius 1 is 1.37 bits per heavy atom. The molecule has 0 aliphatic carbocycles. The summed E-state index contributed by atoms with van der Waals surface area (Å²) in [6, 6.07) is 5.71. The van der Waals surface area contributed by atoms with Crippen LogP contribution in [0.25, 0.3) is 0 Å². The molecule has 0 bridgehead atoms. The molecule has 7 heteroatoms. The number of benzene rings is 1. The second-order valence-electron chi connectivity index (χ2n) is 3.79. The fraction of sp³-hybridized carbons (Fsp3) is 0.417. The molecule has 1 aromatic rings. The van der Waals surface area contributed by atoms with Gasteiger partial charge in [-0.3, -0.25) is 4.79 Å². The van der Waals surface area contributed by atoms with Gasteiger partial charge in [0.1, 0.15) is 5.75 Å². The Morgan fingerprint density at radius 2 is 1.95 bits per heavy atom. The van der Waals surface area contributed by atoms with E-state index in [2.05, 4.69) is 26.0 Å². The highest BCUT2D eigenvalue weighted by atomic mass is 79.9. The summed E-state index contributed by atoms with van der Waals surface area (Å²) < 4.78 is 40.4. The topological polar surface area (TPSA) is 38.3 Å². The van der Waals surface area contributed by atoms with Crippen molar-refractivity contribution in [2.75, 3.05) is 11.9 Å². The van der Waals surface area contributed by atoms with Gasteiger partial charge in [0.15, 0.2) is 6.61 Å². The molecule has 0 heterocycles. The Labute approximate surface area is 117 Å². The Bertz CT molecular complexity index is 420. The number of anilines is 1. The van der Waals surface area contributed by atoms with Gasteiger partial charge in [0, 0.05) is 5.69 Å². The average molecular weight is 340 g/mol. The molecule has 1 amide bonds. The third kappa shape index (κ3) is 5.96. The second kappa shape index (κ2) is 6.79. The quantitative estimate of drug-likeness (QED) is 0.830. The smallest absolute Gasteiger partial charge is 0.422 e. The lowest BCUT2D eigenvalue weighted by Gasteiger charge is -2.11. The van der Waals surface area contributed by atoms with E-state index in [1.807, 2.05) is 6.92 Å². The van der Waals surface area contributed by atoms with Gasteiger partial charge >= 0.3 is 6.18 Å². The van der Waals surface area contributed by atoms with Crippen LogP contribution < -0.4 is 10.1 Å². The van der Waals surface area contributed by atoms with Gasteiger partial charge in [0.2, 0.25) is 5.91 Å². The van der Waals surface area contributed by atoms with Crippen molar-refractivity contribution >= 4 is 27.5 Å². The Morgan fingerprint density at radius 3 is 2.42 bits per heavy atom. The lowest BCUT2D eigenvalue weighted by molar-refractivity contribution is -0.153. The van der Waals surface area contributed by atoms with Crippen LogP contribution in [0.3, 0.4) is 0 Å². The van der Waals surface area contributed by atoms with Gasteiger partial charge in [-0.25, -0.2) is 0 Å². The molecular formula is C12H13BrF3NO2. The van der Waals surface area contributed by atoms with Crippen LogP contribution in [0.4, 0.5) is 18.9 Å². The van der Waals surface area contributed by atoms with Crippen LogP contribution in [0.1, 0.15) is 13.3 Å². The fourth-order valence-corrected chi connectivity index (χ4v) is 1.32. The van der Waals surface area contributed by atoms with E-state index in [0.29, 0.717) is 12.1 Å². The zero-order valence-corrected chi connectivity index (χ0v) is 11.7. The SMILES string of the molecule is CCC(Br)C(=O)Nc1ccc(OCC(F)(F)F)cc1. The molecule has 0 aliphatic rings. The summed E-state index contributed by atoms with van der Waals surface area (Å²) in [5.41, 5.74) is 0.502. The lowest BCUT2D eigenvalue weighted by Crippen LogP contribution is -2.22. The van der Waals surface area contributed by atoms with Crippen molar-refractivity contribution in [1.82, 2.24) is 0 Å². The van der Waals surface area contributed by atoms with Crippen LogP contribution in [0, 0.1) is 0 Å². The summed E-state index contributed by atoms with van der Waals surface area (Å²) in [5.74, 6) is -0.104. The first kappa shape index (κ1) is 15.8. The van der Waals surface area contributed by atoms with Crippen LogP contribution >= 0.6 is 15.9 Å². The molecule has 0 saturated heterocycles. The number of amides is 1. The molecule has 0 radical (unpaired) electrons. The molecule has 1 atom stereocenters. The summed E-state index contributed by atoms with van der Waals surface area (Å²) in [4.78, 5) is 11.3. The summed E-state index contributed by atoms with van der Waals surface area (Å²) in [5, 5.41) is 2.63. The highest BCUT2D eigenvalue weighted by molar-refractivity contribution is 9.10. The number of rotatable bonds is 5. The minimum Gasteiger partial charge on any atom is -0.484 e. The number of nitrogens with one attached hydrogen (secondary N) is 1. The molecule has 19 heavy (non-hydrogen) atoms. The number of carbonyl (C=O) groups is 1. The molecule has 0 aromatic heterocycles. The van der Waals surface area contributed by atoms with E-state index in [4.69, 9.17) is 0 Å². The molecule has 0 aliphatic heterocycles. The van der Waals surface area contributed by atoms with Gasteiger partial charge in [-0.05, 0) is 30.7 Å². The van der Waals surface area contributed by atoms with Crippen LogP contribution in [0.15, 0.2) is 24.3 Å². The van der Waals surface area contributed by atoms with Crippen molar-refractivity contribution < 1.29 is 22.7 Å². The first-order valence-corrected chi connectivity index (χ1v) is 6.48. The van der Waals surface area contributed by atoms with E-state index >= 15 is 0 Å². The number of hydrogen-bond acceptors (Lipinski definition) is 2. The van der Waals surface area contributed by atoms with E-state index in [1.54, 1.807) is 0 Å². The maximum atomic E-state index is 11.9. The molecule has 3 nitrogen and oxygen atoms in total. The third-order valence-electron chi connectivity index (χ3n) is 2.17. The van der Waals surface area contributed by atoms with Gasteiger partial charge in [-0.15, -0.1) is 0 Å². The molecule has 106 valence electrons. The van der Waals surface area contributed by atoms with Gasteiger partial charge in [0.25, 0.3) is 0 Å². The Kier molecular flexibility index (Phi) is 5.65. The van der Waals surface area contributed by atoms with E-state index in [9.17, 15) is 18.0 Å². The zero-order valence-electron chi connectivity index (χ0n) is 10.1. The predicted octanol–water partition coefficient (Wildman–Crippen LogP) is 3.74. The average Bonchev–Trinajstić information content (AvgIpc) is 2.36. The highest BCUT2D eigenvalue weighted by Gasteiger charge is 2.28. The van der Waals surface area contributed by atoms with E-state index < -0.39 is 12.8 Å². The standard InChI is InChI=1S/C12H13BrF3NO2/c1-2-10(13)11(18)17-8-3-5-9(6-4-8)19-7-12(14,15)16/h3-6,10H,2,7H2,1H3,(H,17,18). The maximum Gasteiger partial charge on any atom is 0.422 e. The summed E-state index contributed by atoms with van der Waals surface area (Å²) in [6.07, 6.45) is -3.73. The van der Waals surface area contributed by atoms with Crippen molar-refractivity contribution in [2.45, 2.75) is 24.3 Å². The first-order chi connectivity index (χ1) is 8.81. The summed E-state index contributed by atoms with van der Waals surface area (Å²) in [6.45, 7) is 0.519. The number of ether oxygens (including phenoxy) is 1.